The van der Waals surface area contributed by atoms with E-state index in [4.69, 9.17) is 10.7 Å². The first-order chi connectivity index (χ1) is 12.4. The van der Waals surface area contributed by atoms with Crippen LogP contribution in [0.1, 0.15) is 16.7 Å². The van der Waals surface area contributed by atoms with Crippen molar-refractivity contribution >= 4 is 11.4 Å². The molecule has 4 heteroatoms. The van der Waals surface area contributed by atoms with E-state index in [9.17, 15) is 0 Å². The van der Waals surface area contributed by atoms with Crippen LogP contribution in [0.2, 0.25) is 0 Å². The highest BCUT2D eigenvalue weighted by atomic mass is 16.6. The van der Waals surface area contributed by atoms with Gasteiger partial charge in [-0.15, -0.1) is 0 Å². The summed E-state index contributed by atoms with van der Waals surface area (Å²) in [6.45, 7) is 0.379. The Bertz CT molecular complexity index is 844. The molecule has 0 fully saturated rings. The van der Waals surface area contributed by atoms with E-state index in [2.05, 4.69) is 10.3 Å². The van der Waals surface area contributed by atoms with Gasteiger partial charge in [0, 0.05) is 11.1 Å². The maximum Gasteiger partial charge on any atom is 0.142 e. The van der Waals surface area contributed by atoms with E-state index < -0.39 is 0 Å². The minimum absolute atomic E-state index is 0.379. The summed E-state index contributed by atoms with van der Waals surface area (Å²) < 4.78 is 0. The van der Waals surface area contributed by atoms with Gasteiger partial charge in [0.25, 0.3) is 0 Å². The van der Waals surface area contributed by atoms with Gasteiger partial charge in [0.2, 0.25) is 0 Å². The average molecular weight is 329 g/mol. The van der Waals surface area contributed by atoms with E-state index >= 15 is 0 Å². The molecular weight excluding hydrogens is 310 g/mol. The normalized spacial score (nSPS) is 12.0. The van der Waals surface area contributed by atoms with Crippen molar-refractivity contribution in [2.45, 2.75) is 6.61 Å². The van der Waals surface area contributed by atoms with Crippen LogP contribution in [0.3, 0.4) is 0 Å². The van der Waals surface area contributed by atoms with Crippen LogP contribution < -0.4 is 5.84 Å². The number of hydrazone groups is 1. The van der Waals surface area contributed by atoms with Gasteiger partial charge < -0.3 is 10.7 Å². The van der Waals surface area contributed by atoms with Crippen molar-refractivity contribution in [1.82, 2.24) is 0 Å². The second-order valence-electron chi connectivity index (χ2n) is 5.41. The Balaban J connectivity index is 1.91. The number of rotatable bonds is 6. The van der Waals surface area contributed by atoms with E-state index in [1.54, 1.807) is 0 Å². The molecule has 3 aromatic carbocycles. The Morgan fingerprint density at radius 3 is 1.68 bits per heavy atom. The molecule has 0 aliphatic rings. The summed E-state index contributed by atoms with van der Waals surface area (Å²) in [7, 11) is 0. The van der Waals surface area contributed by atoms with Crippen molar-refractivity contribution < 1.29 is 4.84 Å². The van der Waals surface area contributed by atoms with E-state index in [1.807, 2.05) is 91.0 Å². The summed E-state index contributed by atoms with van der Waals surface area (Å²) in [5.41, 5.74) is 4.01. The topological polar surface area (TPSA) is 60.0 Å². The molecule has 124 valence electrons. The summed E-state index contributed by atoms with van der Waals surface area (Å²) in [4.78, 5) is 5.59. The maximum atomic E-state index is 5.68. The van der Waals surface area contributed by atoms with Gasteiger partial charge in [0.05, 0.1) is 0 Å². The maximum absolute atomic E-state index is 5.68. The van der Waals surface area contributed by atoms with Crippen molar-refractivity contribution in [1.29, 1.82) is 0 Å². The predicted octanol–water partition coefficient (Wildman–Crippen LogP) is 3.97. The van der Waals surface area contributed by atoms with Gasteiger partial charge in [0.15, 0.2) is 0 Å². The zero-order valence-electron chi connectivity index (χ0n) is 13.7. The number of hydrogen-bond acceptors (Lipinski definition) is 4. The number of nitrogens with zero attached hydrogens (tertiary/aromatic N) is 2. The quantitative estimate of drug-likeness (QED) is 0.422. The van der Waals surface area contributed by atoms with Gasteiger partial charge >= 0.3 is 0 Å². The fourth-order valence-corrected chi connectivity index (χ4v) is 2.44. The Morgan fingerprint density at radius 1 is 0.680 bits per heavy atom. The lowest BCUT2D eigenvalue weighted by atomic mass is 10.00. The van der Waals surface area contributed by atoms with Crippen molar-refractivity contribution in [3.8, 4) is 0 Å². The highest BCUT2D eigenvalue weighted by Gasteiger charge is 2.15. The van der Waals surface area contributed by atoms with E-state index in [0.29, 0.717) is 18.0 Å². The number of oxime groups is 1. The first-order valence-electron chi connectivity index (χ1n) is 8.01. The summed E-state index contributed by atoms with van der Waals surface area (Å²) in [5, 5.41) is 8.31. The predicted molar refractivity (Wildman–Crippen MR) is 101 cm³/mol. The van der Waals surface area contributed by atoms with Gasteiger partial charge in [-0.1, -0.05) is 96.2 Å². The van der Waals surface area contributed by atoms with Crippen LogP contribution in [0, 0.1) is 0 Å². The average Bonchev–Trinajstić information content (AvgIpc) is 2.70. The van der Waals surface area contributed by atoms with Crippen LogP contribution in [0.15, 0.2) is 101 Å². The molecule has 0 atom stereocenters. The molecule has 0 heterocycles. The molecule has 0 bridgehead atoms. The first kappa shape index (κ1) is 16.5. The van der Waals surface area contributed by atoms with Crippen molar-refractivity contribution in [2.24, 2.45) is 16.1 Å². The highest BCUT2D eigenvalue weighted by Crippen LogP contribution is 2.11. The van der Waals surface area contributed by atoms with E-state index in [1.165, 1.54) is 0 Å². The molecule has 0 aliphatic carbocycles. The minimum atomic E-state index is 0.379. The molecular formula is C21H19N3O. The standard InChI is InChI=1S/C21H19N3O/c22-23-20(18-12-6-2-7-13-18)21(19-14-8-3-9-15-19)24-25-16-17-10-4-1-5-11-17/h1-15H,16,22H2/b23-20+,24-21+. The van der Waals surface area contributed by atoms with Gasteiger partial charge in [0.1, 0.15) is 18.0 Å². The number of nitrogens with two attached hydrogens (primary N) is 1. The Labute approximate surface area is 147 Å². The molecule has 3 aromatic rings. The lowest BCUT2D eigenvalue weighted by Crippen LogP contribution is -2.19. The minimum Gasteiger partial charge on any atom is -0.390 e. The third-order valence-corrected chi connectivity index (χ3v) is 3.68. The Kier molecular flexibility index (Phi) is 5.56. The first-order valence-corrected chi connectivity index (χ1v) is 8.01. The van der Waals surface area contributed by atoms with Gasteiger partial charge in [-0.2, -0.15) is 5.10 Å². The summed E-state index contributed by atoms with van der Waals surface area (Å²) in [6.07, 6.45) is 0. The van der Waals surface area contributed by atoms with Crippen LogP contribution in [-0.2, 0) is 11.4 Å². The molecule has 3 rings (SSSR count). The molecule has 0 unspecified atom stereocenters. The van der Waals surface area contributed by atoms with Crippen LogP contribution in [0.4, 0.5) is 0 Å². The summed E-state index contributed by atoms with van der Waals surface area (Å²) in [6, 6.07) is 29.4. The Morgan fingerprint density at radius 2 is 1.16 bits per heavy atom. The van der Waals surface area contributed by atoms with E-state index in [0.717, 1.165) is 16.7 Å². The van der Waals surface area contributed by atoms with Crippen LogP contribution in [0.5, 0.6) is 0 Å². The van der Waals surface area contributed by atoms with E-state index in [-0.39, 0.29) is 0 Å². The molecule has 0 aliphatic heterocycles. The van der Waals surface area contributed by atoms with Crippen LogP contribution >= 0.6 is 0 Å². The fourth-order valence-electron chi connectivity index (χ4n) is 2.44. The second kappa shape index (κ2) is 8.45. The number of benzene rings is 3. The molecule has 25 heavy (non-hydrogen) atoms. The van der Waals surface area contributed by atoms with Crippen molar-refractivity contribution in [2.75, 3.05) is 0 Å². The van der Waals surface area contributed by atoms with Crippen molar-refractivity contribution in [3.05, 3.63) is 108 Å². The molecule has 0 spiro atoms. The Hall–Kier alpha value is -3.40. The molecule has 0 aromatic heterocycles. The molecule has 0 saturated carbocycles. The monoisotopic (exact) mass is 329 g/mol. The van der Waals surface area contributed by atoms with Gasteiger partial charge in [-0.3, -0.25) is 0 Å². The van der Waals surface area contributed by atoms with Crippen LogP contribution in [0.25, 0.3) is 0 Å². The lowest BCUT2D eigenvalue weighted by molar-refractivity contribution is 0.131. The lowest BCUT2D eigenvalue weighted by Gasteiger charge is -2.10. The van der Waals surface area contributed by atoms with Crippen molar-refractivity contribution in [3.63, 3.8) is 0 Å². The molecule has 0 saturated heterocycles. The van der Waals surface area contributed by atoms with Crippen LogP contribution in [-0.4, -0.2) is 11.4 Å². The zero-order chi connectivity index (χ0) is 17.3. The SMILES string of the molecule is N/N=C(/C(=N/OCc1ccccc1)c1ccccc1)c1ccccc1. The molecule has 0 amide bonds. The third kappa shape index (κ3) is 4.32. The van der Waals surface area contributed by atoms with Gasteiger partial charge in [-0.25, -0.2) is 0 Å². The summed E-state index contributed by atoms with van der Waals surface area (Å²) in [5.74, 6) is 5.68. The number of hydrogen-bond donors (Lipinski definition) is 1. The highest BCUT2D eigenvalue weighted by molar-refractivity contribution is 6.53. The zero-order valence-corrected chi connectivity index (χ0v) is 13.7. The molecule has 2 N–H and O–H groups in total. The smallest absolute Gasteiger partial charge is 0.142 e. The molecule has 4 nitrogen and oxygen atoms in total. The molecule has 0 radical (unpaired) electrons. The fraction of sp³-hybridized carbons (Fsp3) is 0.0476. The van der Waals surface area contributed by atoms with Gasteiger partial charge in [-0.05, 0) is 5.56 Å². The summed E-state index contributed by atoms with van der Waals surface area (Å²) >= 11 is 0. The second-order valence-corrected chi connectivity index (χ2v) is 5.41. The largest absolute Gasteiger partial charge is 0.390 e. The third-order valence-electron chi connectivity index (χ3n) is 3.68.